The topological polar surface area (TPSA) is 92.7 Å². The van der Waals surface area contributed by atoms with Crippen LogP contribution in [0.1, 0.15) is 24.0 Å². The first-order valence-electron chi connectivity index (χ1n) is 7.06. The minimum absolute atomic E-state index is 0.0170. The largest absolute Gasteiger partial charge is 0.392 e. The maximum Gasteiger partial charge on any atom is 0.266 e. The van der Waals surface area contributed by atoms with Crippen molar-refractivity contribution < 1.29 is 22.5 Å². The monoisotopic (exact) mass is 337 g/mol. The van der Waals surface area contributed by atoms with E-state index in [9.17, 15) is 13.2 Å². The van der Waals surface area contributed by atoms with Crippen molar-refractivity contribution in [2.24, 2.45) is 0 Å². The number of carbonyl (C=O) groups is 1. The van der Waals surface area contributed by atoms with Gasteiger partial charge in [-0.25, -0.2) is 4.18 Å². The van der Waals surface area contributed by atoms with E-state index < -0.39 is 16.0 Å². The van der Waals surface area contributed by atoms with Gasteiger partial charge in [-0.1, -0.05) is 30.3 Å². The predicted octanol–water partition coefficient (Wildman–Crippen LogP) is 1.49. The molecule has 1 unspecified atom stereocenters. The molecule has 0 bridgehead atoms. The number of benzene rings is 2. The first-order chi connectivity index (χ1) is 10.8. The van der Waals surface area contributed by atoms with Crippen molar-refractivity contribution in [3.63, 3.8) is 0 Å². The highest BCUT2D eigenvalue weighted by Gasteiger charge is 2.16. The van der Waals surface area contributed by atoms with Gasteiger partial charge in [-0.05, 0) is 34.9 Å². The fraction of sp³-hybridized carbons (Fsp3) is 0.312. The molecule has 0 aromatic heterocycles. The third kappa shape index (κ3) is 4.75. The highest BCUT2D eigenvalue weighted by Crippen LogP contribution is 2.23. The molecule has 0 saturated carbocycles. The van der Waals surface area contributed by atoms with Gasteiger partial charge in [0.15, 0.2) is 0 Å². The Bertz CT molecular complexity index is 816. The molecule has 1 amide bonds. The number of hydrogen-bond acceptors (Lipinski definition) is 5. The molecule has 0 aliphatic rings. The molecule has 6 nitrogen and oxygen atoms in total. The lowest BCUT2D eigenvalue weighted by molar-refractivity contribution is -0.123. The molecule has 23 heavy (non-hydrogen) atoms. The summed E-state index contributed by atoms with van der Waals surface area (Å²) in [6.45, 7) is 1.34. The van der Waals surface area contributed by atoms with Crippen molar-refractivity contribution in [2.75, 3.05) is 13.0 Å². The number of fused-ring (bicyclic) bond motifs is 1. The minimum atomic E-state index is -3.58. The fourth-order valence-electron chi connectivity index (χ4n) is 2.19. The Morgan fingerprint density at radius 1 is 1.22 bits per heavy atom. The Hall–Kier alpha value is -1.96. The summed E-state index contributed by atoms with van der Waals surface area (Å²) in [5.74, 6) is -0.764. The van der Waals surface area contributed by atoms with E-state index in [1.54, 1.807) is 6.92 Å². The molecule has 0 heterocycles. The zero-order valence-electron chi connectivity index (χ0n) is 12.9. The molecular weight excluding hydrogens is 318 g/mol. The molecule has 0 radical (unpaired) electrons. The average Bonchev–Trinajstić information content (AvgIpc) is 2.51. The number of carbonyl (C=O) groups excluding carboxylic acids is 1. The van der Waals surface area contributed by atoms with Crippen molar-refractivity contribution in [3.05, 3.63) is 47.5 Å². The summed E-state index contributed by atoms with van der Waals surface area (Å²) < 4.78 is 26.2. The standard InChI is InChI=1S/C16H19NO5S/c1-11(16(19)17-10-22-23(2,20)21)13-5-6-14-7-12(9-18)3-4-15(14)8-13/h3-8,11,18H,9-10H2,1-2H3,(H,17,19). The molecule has 0 saturated heterocycles. The second kappa shape index (κ2) is 7.08. The van der Waals surface area contributed by atoms with E-state index in [4.69, 9.17) is 5.11 Å². The van der Waals surface area contributed by atoms with Gasteiger partial charge in [0.25, 0.3) is 10.1 Å². The molecule has 0 aliphatic heterocycles. The Morgan fingerprint density at radius 2 is 1.87 bits per heavy atom. The van der Waals surface area contributed by atoms with Crippen LogP contribution in [0.15, 0.2) is 36.4 Å². The second-order valence-corrected chi connectivity index (χ2v) is 6.97. The second-order valence-electron chi connectivity index (χ2n) is 5.33. The van der Waals surface area contributed by atoms with Crippen LogP contribution in [-0.2, 0) is 25.7 Å². The van der Waals surface area contributed by atoms with Crippen molar-refractivity contribution >= 4 is 26.8 Å². The van der Waals surface area contributed by atoms with Crippen LogP contribution in [0, 0.1) is 0 Å². The summed E-state index contributed by atoms with van der Waals surface area (Å²) >= 11 is 0. The molecule has 7 heteroatoms. The Balaban J connectivity index is 2.11. The van der Waals surface area contributed by atoms with Crippen LogP contribution in [-0.4, -0.2) is 32.4 Å². The van der Waals surface area contributed by atoms with E-state index in [0.29, 0.717) is 0 Å². The summed E-state index contributed by atoms with van der Waals surface area (Å²) in [6.07, 6.45) is 0.923. The molecule has 124 valence electrons. The van der Waals surface area contributed by atoms with Crippen LogP contribution in [0.25, 0.3) is 10.8 Å². The molecule has 2 aromatic carbocycles. The zero-order valence-corrected chi connectivity index (χ0v) is 13.8. The number of rotatable bonds is 6. The lowest BCUT2D eigenvalue weighted by atomic mass is 9.96. The number of aliphatic hydroxyl groups excluding tert-OH is 1. The van der Waals surface area contributed by atoms with Crippen LogP contribution in [0.2, 0.25) is 0 Å². The summed E-state index contributed by atoms with van der Waals surface area (Å²) in [5.41, 5.74) is 1.64. The van der Waals surface area contributed by atoms with Crippen molar-refractivity contribution in [3.8, 4) is 0 Å². The van der Waals surface area contributed by atoms with E-state index in [1.807, 2.05) is 36.4 Å². The van der Waals surface area contributed by atoms with Gasteiger partial charge in [-0.15, -0.1) is 0 Å². The van der Waals surface area contributed by atoms with E-state index in [2.05, 4.69) is 9.50 Å². The van der Waals surface area contributed by atoms with Crippen LogP contribution in [0.5, 0.6) is 0 Å². The number of hydrogen-bond donors (Lipinski definition) is 2. The average molecular weight is 337 g/mol. The van der Waals surface area contributed by atoms with Gasteiger partial charge >= 0.3 is 0 Å². The Kier molecular flexibility index (Phi) is 5.35. The normalized spacial score (nSPS) is 13.0. The molecule has 2 aromatic rings. The third-order valence-electron chi connectivity index (χ3n) is 3.52. The van der Waals surface area contributed by atoms with E-state index in [-0.39, 0.29) is 19.2 Å². The maximum atomic E-state index is 12.0. The highest BCUT2D eigenvalue weighted by atomic mass is 32.2. The number of amides is 1. The highest BCUT2D eigenvalue weighted by molar-refractivity contribution is 7.85. The summed E-state index contributed by atoms with van der Waals surface area (Å²) in [7, 11) is -3.58. The van der Waals surface area contributed by atoms with Gasteiger partial charge < -0.3 is 10.4 Å². The smallest absolute Gasteiger partial charge is 0.266 e. The first kappa shape index (κ1) is 17.4. The molecule has 0 spiro atoms. The predicted molar refractivity (Wildman–Crippen MR) is 87.2 cm³/mol. The lowest BCUT2D eigenvalue weighted by Gasteiger charge is -2.13. The van der Waals surface area contributed by atoms with Crippen LogP contribution in [0.4, 0.5) is 0 Å². The molecule has 2 rings (SSSR count). The fourth-order valence-corrected chi connectivity index (χ4v) is 2.47. The van der Waals surface area contributed by atoms with Crippen molar-refractivity contribution in [1.82, 2.24) is 5.32 Å². The van der Waals surface area contributed by atoms with Crippen LogP contribution >= 0.6 is 0 Å². The van der Waals surface area contributed by atoms with Gasteiger partial charge in [0, 0.05) is 0 Å². The Morgan fingerprint density at radius 3 is 2.52 bits per heavy atom. The van der Waals surface area contributed by atoms with Gasteiger partial charge in [-0.2, -0.15) is 8.42 Å². The summed E-state index contributed by atoms with van der Waals surface area (Å²) in [4.78, 5) is 12.0. The molecule has 0 fully saturated rings. The van der Waals surface area contributed by atoms with E-state index >= 15 is 0 Å². The zero-order chi connectivity index (χ0) is 17.0. The first-order valence-corrected chi connectivity index (χ1v) is 8.87. The summed E-state index contributed by atoms with van der Waals surface area (Å²) in [6, 6.07) is 11.2. The van der Waals surface area contributed by atoms with Gasteiger partial charge in [0.1, 0.15) is 6.73 Å². The van der Waals surface area contributed by atoms with Gasteiger partial charge in [-0.3, -0.25) is 4.79 Å². The molecular formula is C16H19NO5S. The van der Waals surface area contributed by atoms with E-state index in [0.717, 1.165) is 28.2 Å². The summed E-state index contributed by atoms with van der Waals surface area (Å²) in [5, 5.41) is 13.5. The molecule has 0 aliphatic carbocycles. The Labute approximate surface area is 135 Å². The van der Waals surface area contributed by atoms with Crippen molar-refractivity contribution in [2.45, 2.75) is 19.4 Å². The quantitative estimate of drug-likeness (QED) is 0.615. The minimum Gasteiger partial charge on any atom is -0.392 e. The van der Waals surface area contributed by atoms with Crippen molar-refractivity contribution in [1.29, 1.82) is 0 Å². The van der Waals surface area contributed by atoms with Gasteiger partial charge in [0.2, 0.25) is 5.91 Å². The van der Waals surface area contributed by atoms with Crippen LogP contribution < -0.4 is 5.32 Å². The molecule has 1 atom stereocenters. The number of nitrogens with one attached hydrogen (secondary N) is 1. The molecule has 2 N–H and O–H groups in total. The SMILES string of the molecule is CC(C(=O)NCOS(C)(=O)=O)c1ccc2cc(CO)ccc2c1. The third-order valence-corrected chi connectivity index (χ3v) is 4.07. The van der Waals surface area contributed by atoms with Gasteiger partial charge in [0.05, 0.1) is 18.8 Å². The van der Waals surface area contributed by atoms with Crippen LogP contribution in [0.3, 0.4) is 0 Å². The lowest BCUT2D eigenvalue weighted by Crippen LogP contribution is -2.31. The maximum absolute atomic E-state index is 12.0. The number of aliphatic hydroxyl groups is 1. The van der Waals surface area contributed by atoms with E-state index in [1.165, 1.54) is 0 Å².